The monoisotopic (exact) mass is 426 g/mol. The molecule has 3 aromatic rings. The molecule has 0 spiro atoms. The van der Waals surface area contributed by atoms with Gasteiger partial charge in [0, 0.05) is 36.0 Å². The molecule has 1 N–H and O–H groups in total. The summed E-state index contributed by atoms with van der Waals surface area (Å²) in [5, 5.41) is 3.51. The van der Waals surface area contributed by atoms with Crippen LogP contribution in [0.15, 0.2) is 53.7 Å². The van der Waals surface area contributed by atoms with Crippen molar-refractivity contribution in [2.45, 2.75) is 64.0 Å². The summed E-state index contributed by atoms with van der Waals surface area (Å²) in [6, 6.07) is 14.9. The average Bonchev–Trinajstić information content (AvgIpc) is 3.14. The highest BCUT2D eigenvalue weighted by Crippen LogP contribution is 2.47. The van der Waals surface area contributed by atoms with Crippen LogP contribution in [0.25, 0.3) is 11.0 Å². The van der Waals surface area contributed by atoms with Gasteiger partial charge < -0.3 is 10.2 Å². The van der Waals surface area contributed by atoms with Crippen molar-refractivity contribution < 1.29 is 4.79 Å². The topological polar surface area (TPSA) is 50.2 Å². The molecule has 5 nitrogen and oxygen atoms in total. The highest BCUT2D eigenvalue weighted by Gasteiger charge is 2.39. The van der Waals surface area contributed by atoms with E-state index in [4.69, 9.17) is 4.98 Å². The molecule has 6 rings (SSSR count). The predicted octanol–water partition coefficient (Wildman–Crippen LogP) is 5.78. The van der Waals surface area contributed by atoms with E-state index in [0.717, 1.165) is 47.5 Å². The van der Waals surface area contributed by atoms with Gasteiger partial charge in [0.15, 0.2) is 5.78 Å². The maximum absolute atomic E-state index is 13.2. The van der Waals surface area contributed by atoms with Crippen LogP contribution in [0.3, 0.4) is 0 Å². The maximum atomic E-state index is 13.2. The van der Waals surface area contributed by atoms with E-state index >= 15 is 0 Å². The molecule has 0 bridgehead atoms. The van der Waals surface area contributed by atoms with Crippen molar-refractivity contribution in [3.63, 3.8) is 0 Å². The van der Waals surface area contributed by atoms with Crippen molar-refractivity contribution in [1.82, 2.24) is 9.55 Å². The molecule has 2 atom stereocenters. The Bertz CT molecular complexity index is 1300. The third kappa shape index (κ3) is 2.70. The van der Waals surface area contributed by atoms with Crippen LogP contribution >= 0.6 is 0 Å². The highest BCUT2D eigenvalue weighted by molar-refractivity contribution is 6.00. The first kappa shape index (κ1) is 19.6. The molecule has 0 saturated heterocycles. The van der Waals surface area contributed by atoms with Crippen LogP contribution in [-0.4, -0.2) is 27.9 Å². The number of allylic oxidation sites excluding steroid dienone is 2. The standard InChI is InChI=1S/C27H30N4O/c1-16-15-27(2,3)30(4)21-13-12-17(14-18(16)21)25-24-20(9-7-11-23(24)32)29-26-28-19-8-5-6-10-22(19)31(25)26/h5-6,8,10,12-14,16,25H,7,9,11,15H2,1-4H3,(H,28,29). The Morgan fingerprint density at radius 3 is 2.78 bits per heavy atom. The fraction of sp³-hybridized carbons (Fsp3) is 0.407. The van der Waals surface area contributed by atoms with Crippen LogP contribution in [0.1, 0.15) is 69.5 Å². The number of carbonyl (C=O) groups excluding carboxylic acids is 1. The Kier molecular flexibility index (Phi) is 4.11. The summed E-state index contributed by atoms with van der Waals surface area (Å²) in [5.41, 5.74) is 7.98. The van der Waals surface area contributed by atoms with Crippen molar-refractivity contribution in [1.29, 1.82) is 0 Å². The van der Waals surface area contributed by atoms with Gasteiger partial charge in [0.1, 0.15) is 0 Å². The zero-order valence-corrected chi connectivity index (χ0v) is 19.3. The number of carbonyl (C=O) groups is 1. The summed E-state index contributed by atoms with van der Waals surface area (Å²) in [7, 11) is 2.20. The van der Waals surface area contributed by atoms with Gasteiger partial charge >= 0.3 is 0 Å². The molecule has 0 radical (unpaired) electrons. The maximum Gasteiger partial charge on any atom is 0.209 e. The van der Waals surface area contributed by atoms with Gasteiger partial charge in [0.2, 0.25) is 5.95 Å². The molecule has 3 heterocycles. The van der Waals surface area contributed by atoms with Crippen molar-refractivity contribution >= 4 is 28.5 Å². The largest absolute Gasteiger partial charge is 0.369 e. The van der Waals surface area contributed by atoms with Gasteiger partial charge in [-0.25, -0.2) is 4.98 Å². The molecule has 0 saturated carbocycles. The van der Waals surface area contributed by atoms with Gasteiger partial charge in [-0.3, -0.25) is 9.36 Å². The molecule has 0 amide bonds. The van der Waals surface area contributed by atoms with Crippen molar-refractivity contribution in [2.24, 2.45) is 0 Å². The Labute approximate surface area is 189 Å². The minimum atomic E-state index is -0.140. The number of anilines is 2. The van der Waals surface area contributed by atoms with E-state index in [9.17, 15) is 4.79 Å². The first-order chi connectivity index (χ1) is 15.3. The average molecular weight is 427 g/mol. The molecule has 0 fully saturated rings. The summed E-state index contributed by atoms with van der Waals surface area (Å²) in [5.74, 6) is 1.57. The number of benzene rings is 2. The van der Waals surface area contributed by atoms with Gasteiger partial charge in [-0.15, -0.1) is 0 Å². The van der Waals surface area contributed by atoms with Crippen LogP contribution < -0.4 is 10.2 Å². The minimum Gasteiger partial charge on any atom is -0.369 e. The number of hydrogen-bond donors (Lipinski definition) is 1. The van der Waals surface area contributed by atoms with Crippen LogP contribution in [0, 0.1) is 0 Å². The molecule has 2 aromatic carbocycles. The van der Waals surface area contributed by atoms with E-state index in [0.29, 0.717) is 12.3 Å². The van der Waals surface area contributed by atoms with E-state index in [1.54, 1.807) is 0 Å². The van der Waals surface area contributed by atoms with Crippen LogP contribution in [0.2, 0.25) is 0 Å². The smallest absolute Gasteiger partial charge is 0.209 e. The number of para-hydroxylation sites is 2. The number of rotatable bonds is 1. The molecule has 2 unspecified atom stereocenters. The Morgan fingerprint density at radius 2 is 1.94 bits per heavy atom. The van der Waals surface area contributed by atoms with Gasteiger partial charge in [-0.05, 0) is 68.4 Å². The van der Waals surface area contributed by atoms with Crippen LogP contribution in [0.5, 0.6) is 0 Å². The molecule has 1 aliphatic carbocycles. The number of hydrogen-bond acceptors (Lipinski definition) is 4. The zero-order chi connectivity index (χ0) is 22.2. The van der Waals surface area contributed by atoms with Gasteiger partial charge in [-0.2, -0.15) is 0 Å². The number of nitrogens with zero attached hydrogens (tertiary/aromatic N) is 3. The molecule has 32 heavy (non-hydrogen) atoms. The second-order valence-electron chi connectivity index (χ2n) is 10.3. The Balaban J connectivity index is 1.58. The summed E-state index contributed by atoms with van der Waals surface area (Å²) in [6.07, 6.45) is 3.54. The quantitative estimate of drug-likeness (QED) is 0.536. The Morgan fingerprint density at radius 1 is 1.12 bits per heavy atom. The molecular formula is C27H30N4O. The Hall–Kier alpha value is -3.08. The number of fused-ring (bicyclic) bond motifs is 4. The number of ketones is 1. The lowest BCUT2D eigenvalue weighted by Gasteiger charge is -2.45. The fourth-order valence-corrected chi connectivity index (χ4v) is 6.05. The fourth-order valence-electron chi connectivity index (χ4n) is 6.05. The number of imidazole rings is 1. The van der Waals surface area contributed by atoms with Crippen molar-refractivity contribution in [2.75, 3.05) is 17.3 Å². The lowest BCUT2D eigenvalue weighted by atomic mass is 9.78. The predicted molar refractivity (Wildman–Crippen MR) is 129 cm³/mol. The highest BCUT2D eigenvalue weighted by atomic mass is 16.1. The van der Waals surface area contributed by atoms with E-state index in [1.165, 1.54) is 16.8 Å². The third-order valence-electron chi connectivity index (χ3n) is 7.82. The van der Waals surface area contributed by atoms with Crippen molar-refractivity contribution in [3.05, 3.63) is 64.9 Å². The van der Waals surface area contributed by atoms with Crippen LogP contribution in [-0.2, 0) is 4.79 Å². The molecule has 164 valence electrons. The lowest BCUT2D eigenvalue weighted by Crippen LogP contribution is -2.45. The van der Waals surface area contributed by atoms with Crippen LogP contribution in [0.4, 0.5) is 11.6 Å². The second-order valence-corrected chi connectivity index (χ2v) is 10.3. The van der Waals surface area contributed by atoms with Gasteiger partial charge in [-0.1, -0.05) is 31.2 Å². The zero-order valence-electron chi connectivity index (χ0n) is 19.3. The lowest BCUT2D eigenvalue weighted by molar-refractivity contribution is -0.116. The second kappa shape index (κ2) is 6.71. The normalized spacial score (nSPS) is 24.1. The number of Topliss-reactive ketones (excluding diaryl/α,β-unsaturated/α-hetero) is 1. The number of nitrogens with one attached hydrogen (secondary N) is 1. The minimum absolute atomic E-state index is 0.130. The van der Waals surface area contributed by atoms with Crippen molar-refractivity contribution in [3.8, 4) is 0 Å². The number of aromatic nitrogens is 2. The summed E-state index contributed by atoms with van der Waals surface area (Å²) >= 11 is 0. The summed E-state index contributed by atoms with van der Waals surface area (Å²) in [4.78, 5) is 20.5. The van der Waals surface area contributed by atoms with E-state index in [1.807, 2.05) is 18.2 Å². The van der Waals surface area contributed by atoms with E-state index in [-0.39, 0.29) is 17.4 Å². The first-order valence-electron chi connectivity index (χ1n) is 11.7. The van der Waals surface area contributed by atoms with Gasteiger partial charge in [0.25, 0.3) is 0 Å². The first-order valence-corrected chi connectivity index (χ1v) is 11.7. The molecule has 5 heteroatoms. The van der Waals surface area contributed by atoms with E-state index in [2.05, 4.69) is 66.9 Å². The third-order valence-corrected chi connectivity index (χ3v) is 7.82. The van der Waals surface area contributed by atoms with E-state index < -0.39 is 0 Å². The molecule has 1 aromatic heterocycles. The molecular weight excluding hydrogens is 396 g/mol. The SMILES string of the molecule is CC1CC(C)(C)N(C)c2ccc(C3C4=C(CCCC4=O)Nc4nc5ccccc5n43)cc21. The molecule has 3 aliphatic rings. The van der Waals surface area contributed by atoms with Gasteiger partial charge in [0.05, 0.1) is 17.1 Å². The summed E-state index contributed by atoms with van der Waals surface area (Å²) in [6.45, 7) is 6.96. The summed E-state index contributed by atoms with van der Waals surface area (Å²) < 4.78 is 2.24. The molecule has 2 aliphatic heterocycles.